The van der Waals surface area contributed by atoms with Crippen LogP contribution in [0.15, 0.2) is 24.3 Å². The lowest BCUT2D eigenvalue weighted by Crippen LogP contribution is -2.42. The second-order valence-corrected chi connectivity index (χ2v) is 9.23. The second kappa shape index (κ2) is 10.1. The number of hydrogen-bond donors (Lipinski definition) is 3. The number of nitrogens with one attached hydrogen (secondary N) is 3. The topological polar surface area (TPSA) is 82.2 Å². The summed E-state index contributed by atoms with van der Waals surface area (Å²) in [6.45, 7) is 0. The molecule has 184 valence electrons. The van der Waals surface area contributed by atoms with Crippen molar-refractivity contribution in [1.29, 1.82) is 0 Å². The predicted octanol–water partition coefficient (Wildman–Crippen LogP) is 4.99. The van der Waals surface area contributed by atoms with Gasteiger partial charge in [0.1, 0.15) is 5.82 Å². The Balaban J connectivity index is 1.31. The summed E-state index contributed by atoms with van der Waals surface area (Å²) in [6.07, 6.45) is 2.81. The van der Waals surface area contributed by atoms with Crippen LogP contribution < -0.4 is 20.9 Å². The molecule has 3 N–H and O–H groups in total. The molecular weight excluding hydrogens is 445 g/mol. The fraction of sp³-hybridized carbons (Fsp3) is 0.542. The van der Waals surface area contributed by atoms with Crippen LogP contribution in [0, 0.1) is 0 Å². The van der Waals surface area contributed by atoms with Crippen molar-refractivity contribution in [2.75, 3.05) is 29.6 Å². The number of urea groups is 1. The highest BCUT2D eigenvalue weighted by Crippen LogP contribution is 2.34. The minimum atomic E-state index is -4.53. The number of amides is 2. The number of rotatable bonds is 5. The van der Waals surface area contributed by atoms with Gasteiger partial charge in [-0.15, -0.1) is 0 Å². The molecule has 0 saturated heterocycles. The number of carbonyl (C=O) groups excluding carboxylic acids is 1. The van der Waals surface area contributed by atoms with E-state index in [-0.39, 0.29) is 17.8 Å². The number of alkyl halides is 3. The number of aromatic nitrogens is 2. The highest BCUT2D eigenvalue weighted by Gasteiger charge is 2.34. The van der Waals surface area contributed by atoms with Gasteiger partial charge >= 0.3 is 12.2 Å². The van der Waals surface area contributed by atoms with Crippen molar-refractivity contribution >= 4 is 23.5 Å². The van der Waals surface area contributed by atoms with Gasteiger partial charge in [0.05, 0.1) is 16.9 Å². The third-order valence-corrected chi connectivity index (χ3v) is 6.46. The molecule has 0 unspecified atom stereocenters. The SMILES string of the molecule is CN(C)c1nc(NC2CCC(NC(=O)Nc3ccccc3C(F)(F)F)CC2)nc2c1CCCC2. The van der Waals surface area contributed by atoms with Gasteiger partial charge in [0.15, 0.2) is 0 Å². The molecule has 1 aromatic carbocycles. The van der Waals surface area contributed by atoms with Crippen LogP contribution in [0.25, 0.3) is 0 Å². The van der Waals surface area contributed by atoms with Crippen LogP contribution in [0.2, 0.25) is 0 Å². The highest BCUT2D eigenvalue weighted by molar-refractivity contribution is 5.90. The lowest BCUT2D eigenvalue weighted by molar-refractivity contribution is -0.136. The third-order valence-electron chi connectivity index (χ3n) is 6.46. The van der Waals surface area contributed by atoms with Crippen molar-refractivity contribution in [2.24, 2.45) is 0 Å². The molecule has 1 saturated carbocycles. The van der Waals surface area contributed by atoms with Crippen molar-refractivity contribution in [1.82, 2.24) is 15.3 Å². The molecule has 0 bridgehead atoms. The molecular formula is C24H31F3N6O. The molecule has 0 aliphatic heterocycles. The molecule has 7 nitrogen and oxygen atoms in total. The maximum absolute atomic E-state index is 13.2. The van der Waals surface area contributed by atoms with E-state index >= 15 is 0 Å². The number of carbonyl (C=O) groups is 1. The average molecular weight is 477 g/mol. The minimum Gasteiger partial charge on any atom is -0.362 e. The number of anilines is 3. The van der Waals surface area contributed by atoms with Crippen molar-refractivity contribution in [2.45, 2.75) is 69.6 Å². The summed E-state index contributed by atoms with van der Waals surface area (Å²) in [5.74, 6) is 1.61. The first-order valence-electron chi connectivity index (χ1n) is 11.8. The molecule has 0 radical (unpaired) electrons. The summed E-state index contributed by atoms with van der Waals surface area (Å²) in [5.41, 5.74) is 1.26. The van der Waals surface area contributed by atoms with Gasteiger partial charge in [-0.1, -0.05) is 12.1 Å². The number of hydrogen-bond acceptors (Lipinski definition) is 5. The molecule has 0 spiro atoms. The molecule has 0 atom stereocenters. The first-order valence-corrected chi connectivity index (χ1v) is 11.8. The van der Waals surface area contributed by atoms with E-state index in [4.69, 9.17) is 9.97 Å². The fourth-order valence-corrected chi connectivity index (χ4v) is 4.76. The van der Waals surface area contributed by atoms with E-state index in [1.807, 2.05) is 19.0 Å². The molecule has 4 rings (SSSR count). The second-order valence-electron chi connectivity index (χ2n) is 9.23. The van der Waals surface area contributed by atoms with Gasteiger partial charge in [0.25, 0.3) is 0 Å². The molecule has 2 aliphatic rings. The number of fused-ring (bicyclic) bond motifs is 1. The van der Waals surface area contributed by atoms with Crippen LogP contribution in [0.3, 0.4) is 0 Å². The Morgan fingerprint density at radius 1 is 1.00 bits per heavy atom. The molecule has 2 aliphatic carbocycles. The fourth-order valence-electron chi connectivity index (χ4n) is 4.76. The molecule has 10 heteroatoms. The lowest BCUT2D eigenvalue weighted by Gasteiger charge is -2.30. The normalized spacial score (nSPS) is 20.3. The Bertz CT molecular complexity index is 1020. The summed E-state index contributed by atoms with van der Waals surface area (Å²) < 4.78 is 39.5. The molecule has 34 heavy (non-hydrogen) atoms. The number of benzene rings is 1. The zero-order chi connectivity index (χ0) is 24.3. The third kappa shape index (κ3) is 5.71. The van der Waals surface area contributed by atoms with Crippen molar-refractivity contribution in [3.8, 4) is 0 Å². The summed E-state index contributed by atoms with van der Waals surface area (Å²) in [4.78, 5) is 23.9. The largest absolute Gasteiger partial charge is 0.418 e. The Hall–Kier alpha value is -3.04. The van der Waals surface area contributed by atoms with E-state index in [2.05, 4.69) is 16.0 Å². The lowest BCUT2D eigenvalue weighted by atomic mass is 9.91. The van der Waals surface area contributed by atoms with Crippen LogP contribution in [-0.4, -0.2) is 42.2 Å². The molecule has 2 amide bonds. The van der Waals surface area contributed by atoms with E-state index in [1.54, 1.807) is 0 Å². The maximum Gasteiger partial charge on any atom is 0.418 e. The Labute approximate surface area is 197 Å². The monoisotopic (exact) mass is 476 g/mol. The number of halogens is 3. The van der Waals surface area contributed by atoms with Crippen molar-refractivity contribution < 1.29 is 18.0 Å². The van der Waals surface area contributed by atoms with E-state index in [0.717, 1.165) is 68.9 Å². The molecule has 1 heterocycles. The molecule has 1 aromatic heterocycles. The quantitative estimate of drug-likeness (QED) is 0.567. The number of nitrogens with zero attached hydrogens (tertiary/aromatic N) is 3. The summed E-state index contributed by atoms with van der Waals surface area (Å²) in [6, 6.07) is 4.43. The number of para-hydroxylation sites is 1. The highest BCUT2D eigenvalue weighted by atomic mass is 19.4. The van der Waals surface area contributed by atoms with Crippen molar-refractivity contribution in [3.63, 3.8) is 0 Å². The van der Waals surface area contributed by atoms with E-state index in [0.29, 0.717) is 5.95 Å². The summed E-state index contributed by atoms with van der Waals surface area (Å²) in [7, 11) is 3.99. The predicted molar refractivity (Wildman–Crippen MR) is 126 cm³/mol. The van der Waals surface area contributed by atoms with Gasteiger partial charge in [0, 0.05) is 31.7 Å². The first kappa shape index (κ1) is 24.1. The number of aryl methyl sites for hydroxylation is 1. The summed E-state index contributed by atoms with van der Waals surface area (Å²) in [5, 5.41) is 8.62. The van der Waals surface area contributed by atoms with Gasteiger partial charge in [-0.25, -0.2) is 9.78 Å². The van der Waals surface area contributed by atoms with Gasteiger partial charge < -0.3 is 20.9 Å². The molecule has 1 fully saturated rings. The minimum absolute atomic E-state index is 0.0992. The van der Waals surface area contributed by atoms with Crippen molar-refractivity contribution in [3.05, 3.63) is 41.1 Å². The van der Waals surface area contributed by atoms with Gasteiger partial charge in [0.2, 0.25) is 5.95 Å². The van der Waals surface area contributed by atoms with E-state index in [1.165, 1.54) is 23.8 Å². The van der Waals surface area contributed by atoms with Crippen LogP contribution in [-0.2, 0) is 19.0 Å². The molecule has 2 aromatic rings. The Morgan fingerprint density at radius 2 is 1.68 bits per heavy atom. The Morgan fingerprint density at radius 3 is 2.38 bits per heavy atom. The van der Waals surface area contributed by atoms with E-state index < -0.39 is 17.8 Å². The Kier molecular flexibility index (Phi) is 7.13. The van der Waals surface area contributed by atoms with Gasteiger partial charge in [-0.3, -0.25) is 0 Å². The maximum atomic E-state index is 13.2. The van der Waals surface area contributed by atoms with Crippen LogP contribution in [0.4, 0.5) is 35.4 Å². The average Bonchev–Trinajstić information content (AvgIpc) is 2.79. The standard InChI is InChI=1S/C24H31F3N6O/c1-33(2)21-17-7-3-5-9-19(17)30-22(32-21)28-15-11-13-16(14-12-15)29-23(34)31-20-10-6-4-8-18(20)24(25,26)27/h4,6,8,10,15-16H,3,5,7,9,11-14H2,1-2H3,(H,28,30,32)(H2,29,31,34). The van der Waals surface area contributed by atoms with Gasteiger partial charge in [-0.05, 0) is 63.5 Å². The van der Waals surface area contributed by atoms with E-state index in [9.17, 15) is 18.0 Å². The van der Waals surface area contributed by atoms with Crippen LogP contribution >= 0.6 is 0 Å². The summed E-state index contributed by atoms with van der Waals surface area (Å²) >= 11 is 0. The first-order chi connectivity index (χ1) is 16.2. The zero-order valence-electron chi connectivity index (χ0n) is 19.5. The van der Waals surface area contributed by atoms with Crippen LogP contribution in [0.5, 0.6) is 0 Å². The van der Waals surface area contributed by atoms with Gasteiger partial charge in [-0.2, -0.15) is 18.2 Å². The smallest absolute Gasteiger partial charge is 0.362 e. The zero-order valence-corrected chi connectivity index (χ0v) is 19.5. The van der Waals surface area contributed by atoms with Crippen LogP contribution in [0.1, 0.15) is 55.3 Å².